The highest BCUT2D eigenvalue weighted by Gasteiger charge is 2.27. The van der Waals surface area contributed by atoms with Gasteiger partial charge in [0.15, 0.2) is 5.82 Å². The van der Waals surface area contributed by atoms with Crippen LogP contribution in [0.1, 0.15) is 44.1 Å². The van der Waals surface area contributed by atoms with Crippen molar-refractivity contribution >= 4 is 15.9 Å². The summed E-state index contributed by atoms with van der Waals surface area (Å²) < 4.78 is 6.31. The maximum absolute atomic E-state index is 6.10. The number of aromatic nitrogens is 2. The Kier molecular flexibility index (Phi) is 4.06. The number of halogens is 1. The van der Waals surface area contributed by atoms with Gasteiger partial charge in [-0.15, -0.1) is 0 Å². The molecule has 4 nitrogen and oxygen atoms in total. The second kappa shape index (κ2) is 5.43. The van der Waals surface area contributed by atoms with Crippen LogP contribution in [0.2, 0.25) is 0 Å². The Labute approximate surface area is 121 Å². The second-order valence-electron chi connectivity index (χ2n) is 5.66. The maximum atomic E-state index is 6.10. The van der Waals surface area contributed by atoms with Crippen molar-refractivity contribution in [3.63, 3.8) is 0 Å². The van der Waals surface area contributed by atoms with Crippen LogP contribution in [0.25, 0.3) is 0 Å². The summed E-state index contributed by atoms with van der Waals surface area (Å²) in [4.78, 5) is 4.39. The molecule has 0 aliphatic heterocycles. The normalized spacial score (nSPS) is 13.5. The van der Waals surface area contributed by atoms with Gasteiger partial charge in [0.2, 0.25) is 5.89 Å². The molecule has 0 fully saturated rings. The fourth-order valence-corrected chi connectivity index (χ4v) is 2.07. The van der Waals surface area contributed by atoms with Gasteiger partial charge in [0, 0.05) is 10.9 Å². The van der Waals surface area contributed by atoms with Gasteiger partial charge >= 0.3 is 0 Å². The van der Waals surface area contributed by atoms with E-state index in [0.717, 1.165) is 10.0 Å². The van der Waals surface area contributed by atoms with Crippen LogP contribution in [-0.2, 0) is 6.42 Å². The molecule has 1 aromatic carbocycles. The van der Waals surface area contributed by atoms with Crippen LogP contribution >= 0.6 is 15.9 Å². The summed E-state index contributed by atoms with van der Waals surface area (Å²) in [5.74, 6) is 1.15. The standard InChI is InChI=1S/C14H18BrN3O/c1-14(2,3)12(16)13-17-11(18-19-13)8-9-6-4-5-7-10(9)15/h4-7,12H,8,16H2,1-3H3/t12-/m1/s1. The molecule has 0 aliphatic rings. The van der Waals surface area contributed by atoms with Crippen molar-refractivity contribution in [2.24, 2.45) is 11.1 Å². The smallest absolute Gasteiger partial charge is 0.244 e. The Hall–Kier alpha value is -1.20. The van der Waals surface area contributed by atoms with Gasteiger partial charge in [-0.05, 0) is 17.0 Å². The number of hydrogen-bond donors (Lipinski definition) is 1. The van der Waals surface area contributed by atoms with E-state index >= 15 is 0 Å². The first-order valence-corrected chi connectivity index (χ1v) is 6.98. The first-order chi connectivity index (χ1) is 8.88. The van der Waals surface area contributed by atoms with Crippen LogP contribution in [-0.4, -0.2) is 10.1 Å². The molecule has 2 aromatic rings. The molecular weight excluding hydrogens is 306 g/mol. The lowest BCUT2D eigenvalue weighted by Gasteiger charge is -2.23. The molecular formula is C14H18BrN3O. The highest BCUT2D eigenvalue weighted by Crippen LogP contribution is 2.29. The molecule has 0 radical (unpaired) electrons. The molecule has 1 atom stereocenters. The lowest BCUT2D eigenvalue weighted by molar-refractivity contribution is 0.252. The molecule has 0 spiro atoms. The largest absolute Gasteiger partial charge is 0.338 e. The minimum atomic E-state index is -0.257. The summed E-state index contributed by atoms with van der Waals surface area (Å²) in [5.41, 5.74) is 7.13. The van der Waals surface area contributed by atoms with Gasteiger partial charge in [-0.2, -0.15) is 4.98 Å². The topological polar surface area (TPSA) is 64.9 Å². The first kappa shape index (κ1) is 14.2. The number of nitrogens with zero attached hydrogens (tertiary/aromatic N) is 2. The lowest BCUT2D eigenvalue weighted by atomic mass is 9.87. The molecule has 19 heavy (non-hydrogen) atoms. The Morgan fingerprint density at radius 1 is 1.32 bits per heavy atom. The van der Waals surface area contributed by atoms with Crippen molar-refractivity contribution in [1.29, 1.82) is 0 Å². The van der Waals surface area contributed by atoms with Crippen LogP contribution in [0.5, 0.6) is 0 Å². The lowest BCUT2D eigenvalue weighted by Crippen LogP contribution is -2.26. The van der Waals surface area contributed by atoms with Crippen LogP contribution in [0.15, 0.2) is 33.3 Å². The molecule has 2 rings (SSSR count). The summed E-state index contributed by atoms with van der Waals surface area (Å²) >= 11 is 3.51. The average Bonchev–Trinajstić information content (AvgIpc) is 2.78. The van der Waals surface area contributed by atoms with Crippen molar-refractivity contribution in [1.82, 2.24) is 10.1 Å². The molecule has 0 bridgehead atoms. The fourth-order valence-electron chi connectivity index (χ4n) is 1.65. The van der Waals surface area contributed by atoms with Crippen LogP contribution in [0.3, 0.4) is 0 Å². The summed E-state index contributed by atoms with van der Waals surface area (Å²) in [5, 5.41) is 4.00. The molecule has 0 amide bonds. The summed E-state index contributed by atoms with van der Waals surface area (Å²) in [6, 6.07) is 7.74. The summed E-state index contributed by atoms with van der Waals surface area (Å²) in [7, 11) is 0. The van der Waals surface area contributed by atoms with Gasteiger partial charge in [0.25, 0.3) is 0 Å². The predicted octanol–water partition coefficient (Wildman–Crippen LogP) is 3.47. The van der Waals surface area contributed by atoms with E-state index in [1.165, 1.54) is 0 Å². The molecule has 5 heteroatoms. The van der Waals surface area contributed by atoms with E-state index in [9.17, 15) is 0 Å². The molecule has 0 saturated carbocycles. The molecule has 2 N–H and O–H groups in total. The number of rotatable bonds is 3. The third-order valence-corrected chi connectivity index (χ3v) is 3.76. The van der Waals surface area contributed by atoms with Crippen molar-refractivity contribution in [2.45, 2.75) is 33.2 Å². The van der Waals surface area contributed by atoms with E-state index in [1.54, 1.807) is 0 Å². The third-order valence-electron chi connectivity index (χ3n) is 2.99. The quantitative estimate of drug-likeness (QED) is 0.939. The molecule has 0 aliphatic carbocycles. The Bertz CT molecular complexity index is 560. The van der Waals surface area contributed by atoms with E-state index in [0.29, 0.717) is 18.1 Å². The Morgan fingerprint density at radius 3 is 2.63 bits per heavy atom. The van der Waals surface area contributed by atoms with Gasteiger partial charge < -0.3 is 10.3 Å². The molecule has 1 heterocycles. The maximum Gasteiger partial charge on any atom is 0.244 e. The molecule has 1 aromatic heterocycles. The highest BCUT2D eigenvalue weighted by atomic mass is 79.9. The van der Waals surface area contributed by atoms with E-state index in [1.807, 2.05) is 24.3 Å². The van der Waals surface area contributed by atoms with Gasteiger partial charge in [0.05, 0.1) is 6.04 Å². The molecule has 0 saturated heterocycles. The van der Waals surface area contributed by atoms with Crippen molar-refractivity contribution in [3.05, 3.63) is 46.0 Å². The number of hydrogen-bond acceptors (Lipinski definition) is 4. The zero-order valence-corrected chi connectivity index (χ0v) is 12.9. The Morgan fingerprint density at radius 2 is 2.00 bits per heavy atom. The Balaban J connectivity index is 2.16. The summed E-state index contributed by atoms with van der Waals surface area (Å²) in [6.07, 6.45) is 0.627. The van der Waals surface area contributed by atoms with E-state index in [2.05, 4.69) is 46.8 Å². The van der Waals surface area contributed by atoms with Gasteiger partial charge in [0.1, 0.15) is 0 Å². The van der Waals surface area contributed by atoms with Crippen molar-refractivity contribution in [3.8, 4) is 0 Å². The minimum absolute atomic E-state index is 0.100. The monoisotopic (exact) mass is 323 g/mol. The van der Waals surface area contributed by atoms with Crippen molar-refractivity contribution < 1.29 is 4.52 Å². The SMILES string of the molecule is CC(C)(C)[C@H](N)c1nc(Cc2ccccc2Br)no1. The average molecular weight is 324 g/mol. The zero-order chi connectivity index (χ0) is 14.0. The van der Waals surface area contributed by atoms with Gasteiger partial charge in [-0.3, -0.25) is 0 Å². The van der Waals surface area contributed by atoms with E-state index in [-0.39, 0.29) is 11.5 Å². The van der Waals surface area contributed by atoms with E-state index < -0.39 is 0 Å². The fraction of sp³-hybridized carbons (Fsp3) is 0.429. The third kappa shape index (κ3) is 3.42. The van der Waals surface area contributed by atoms with Crippen LogP contribution in [0, 0.1) is 5.41 Å². The van der Waals surface area contributed by atoms with Crippen molar-refractivity contribution in [2.75, 3.05) is 0 Å². The molecule has 102 valence electrons. The highest BCUT2D eigenvalue weighted by molar-refractivity contribution is 9.10. The van der Waals surface area contributed by atoms with Gasteiger partial charge in [-0.25, -0.2) is 0 Å². The minimum Gasteiger partial charge on any atom is -0.338 e. The first-order valence-electron chi connectivity index (χ1n) is 6.19. The zero-order valence-electron chi connectivity index (χ0n) is 11.4. The summed E-state index contributed by atoms with van der Waals surface area (Å²) in [6.45, 7) is 6.15. The molecule has 0 unspecified atom stereocenters. The van der Waals surface area contributed by atoms with Crippen LogP contribution < -0.4 is 5.73 Å². The van der Waals surface area contributed by atoms with E-state index in [4.69, 9.17) is 10.3 Å². The van der Waals surface area contributed by atoms with Gasteiger partial charge in [-0.1, -0.05) is 60.1 Å². The second-order valence-corrected chi connectivity index (χ2v) is 6.52. The number of benzene rings is 1. The number of nitrogens with two attached hydrogens (primary N) is 1. The van der Waals surface area contributed by atoms with Crippen LogP contribution in [0.4, 0.5) is 0 Å². The predicted molar refractivity (Wildman–Crippen MR) is 77.6 cm³/mol.